The molecule has 14 nitrogen and oxygen atoms in total. The number of fused-ring (bicyclic) bond motifs is 2. The molecular weight excluding hydrogens is 510 g/mol. The van der Waals surface area contributed by atoms with Crippen molar-refractivity contribution in [3.8, 4) is 0 Å². The summed E-state index contributed by atoms with van der Waals surface area (Å²) in [6.45, 7) is 2.16. The van der Waals surface area contributed by atoms with Crippen molar-refractivity contribution in [2.75, 3.05) is 18.4 Å². The minimum absolute atomic E-state index is 0.0651. The van der Waals surface area contributed by atoms with Crippen LogP contribution in [0, 0.1) is 0 Å². The zero-order valence-corrected chi connectivity index (χ0v) is 20.9. The molecule has 14 heteroatoms. The van der Waals surface area contributed by atoms with E-state index < -0.39 is 48.7 Å². The highest BCUT2D eigenvalue weighted by Crippen LogP contribution is 2.41. The second-order valence-corrected chi connectivity index (χ2v) is 8.75. The van der Waals surface area contributed by atoms with Crippen LogP contribution in [0.25, 0.3) is 17.2 Å². The molecule has 4 heterocycles. The van der Waals surface area contributed by atoms with E-state index >= 15 is 0 Å². The number of carbonyl (C=O) groups excluding carboxylic acids is 2. The number of hydrogen-bond acceptors (Lipinski definition) is 9. The Morgan fingerprint density at radius 3 is 2.62 bits per heavy atom. The molecule has 0 saturated carbocycles. The van der Waals surface area contributed by atoms with E-state index in [9.17, 15) is 14.4 Å². The van der Waals surface area contributed by atoms with Crippen molar-refractivity contribution in [1.82, 2.24) is 30.2 Å². The number of urea groups is 1. The fourth-order valence-electron chi connectivity index (χ4n) is 4.39. The molecule has 5 rings (SSSR count). The first-order valence-electron chi connectivity index (χ1n) is 12.4. The van der Waals surface area contributed by atoms with E-state index in [0.717, 1.165) is 5.56 Å². The summed E-state index contributed by atoms with van der Waals surface area (Å²) >= 11 is 0. The van der Waals surface area contributed by atoms with E-state index in [1.54, 1.807) is 17.6 Å². The zero-order chi connectivity index (χ0) is 27.4. The summed E-state index contributed by atoms with van der Waals surface area (Å²) in [5.74, 6) is -1.36. The van der Waals surface area contributed by atoms with Gasteiger partial charge in [-0.3, -0.25) is 19.5 Å². The van der Waals surface area contributed by atoms with E-state index in [0.29, 0.717) is 17.7 Å². The first-order valence-corrected chi connectivity index (χ1v) is 12.4. The molecule has 0 bridgehead atoms. The topological polar surface area (TPSA) is 179 Å². The highest BCUT2D eigenvalue weighted by atomic mass is 16.8. The number of rotatable bonds is 9. The van der Waals surface area contributed by atoms with Crippen LogP contribution < -0.4 is 16.0 Å². The van der Waals surface area contributed by atoms with Gasteiger partial charge in [-0.2, -0.15) is 0 Å². The van der Waals surface area contributed by atoms with Crippen LogP contribution in [0.2, 0.25) is 0 Å². The zero-order valence-electron chi connectivity index (χ0n) is 20.9. The van der Waals surface area contributed by atoms with E-state index in [1.807, 2.05) is 36.4 Å². The van der Waals surface area contributed by atoms with Crippen LogP contribution >= 0.6 is 0 Å². The van der Waals surface area contributed by atoms with Gasteiger partial charge < -0.3 is 30.0 Å². The number of aromatic nitrogens is 4. The first kappa shape index (κ1) is 26.2. The third-order valence-corrected chi connectivity index (χ3v) is 6.12. The second kappa shape index (κ2) is 11.6. The predicted octanol–water partition coefficient (Wildman–Crippen LogP) is 1.28. The molecule has 5 atom stereocenters. The largest absolute Gasteiger partial charge is 0.481 e. The average Bonchev–Trinajstić information content (AvgIpc) is 3.62. The van der Waals surface area contributed by atoms with Crippen LogP contribution in [0.3, 0.4) is 0 Å². The number of anilines is 1. The number of aliphatic carboxylic acids is 1. The van der Waals surface area contributed by atoms with Gasteiger partial charge in [-0.15, -0.1) is 0 Å². The monoisotopic (exact) mass is 537 g/mol. The van der Waals surface area contributed by atoms with Crippen molar-refractivity contribution in [1.29, 1.82) is 0 Å². The SMILES string of the molecule is CCNC(=O)Nc1ncnc2c1ncn2C1OC(C(=O)NCCC(=O)O)C2O[C@H](C=Cc3ccccc3)OC21. The molecule has 204 valence electrons. The predicted molar refractivity (Wildman–Crippen MR) is 136 cm³/mol. The number of imidazole rings is 1. The third kappa shape index (κ3) is 5.72. The molecule has 4 N–H and O–H groups in total. The van der Waals surface area contributed by atoms with Crippen LogP contribution in [0.5, 0.6) is 0 Å². The van der Waals surface area contributed by atoms with Crippen LogP contribution in [-0.2, 0) is 23.8 Å². The molecule has 2 aliphatic heterocycles. The van der Waals surface area contributed by atoms with Crippen LogP contribution in [0.1, 0.15) is 25.1 Å². The molecule has 0 aliphatic carbocycles. The molecule has 2 saturated heterocycles. The molecule has 1 aromatic carbocycles. The van der Waals surface area contributed by atoms with Crippen molar-refractivity contribution in [2.45, 2.75) is 44.2 Å². The summed E-state index contributed by atoms with van der Waals surface area (Å²) in [6, 6.07) is 9.15. The van der Waals surface area contributed by atoms with Gasteiger partial charge in [0.1, 0.15) is 18.5 Å². The second-order valence-electron chi connectivity index (χ2n) is 8.75. The number of amides is 3. The Hall–Kier alpha value is -4.40. The molecule has 2 fully saturated rings. The summed E-state index contributed by atoms with van der Waals surface area (Å²) in [6.07, 6.45) is 1.87. The van der Waals surface area contributed by atoms with Crippen LogP contribution in [0.4, 0.5) is 10.6 Å². The van der Waals surface area contributed by atoms with E-state index in [1.165, 1.54) is 12.7 Å². The van der Waals surface area contributed by atoms with Crippen molar-refractivity contribution < 1.29 is 33.7 Å². The maximum absolute atomic E-state index is 13.0. The number of carboxylic acid groups (broad SMARTS) is 1. The number of nitrogens with zero attached hydrogens (tertiary/aromatic N) is 4. The van der Waals surface area contributed by atoms with Gasteiger partial charge in [-0.05, 0) is 18.6 Å². The molecule has 0 radical (unpaired) electrons. The maximum Gasteiger partial charge on any atom is 0.320 e. The van der Waals surface area contributed by atoms with Gasteiger partial charge in [0, 0.05) is 13.1 Å². The molecular formula is C25H27N7O7. The molecule has 2 aromatic heterocycles. The van der Waals surface area contributed by atoms with Crippen LogP contribution in [-0.4, -0.2) is 80.2 Å². The Morgan fingerprint density at radius 2 is 1.85 bits per heavy atom. The molecule has 3 aromatic rings. The van der Waals surface area contributed by atoms with Crippen molar-refractivity contribution in [3.63, 3.8) is 0 Å². The number of ether oxygens (including phenoxy) is 3. The number of carboxylic acids is 1. The van der Waals surface area contributed by atoms with E-state index in [-0.39, 0.29) is 18.8 Å². The fraction of sp³-hybridized carbons (Fsp3) is 0.360. The Bertz CT molecular complexity index is 1380. The van der Waals surface area contributed by atoms with Crippen LogP contribution in [0.15, 0.2) is 49.1 Å². The third-order valence-electron chi connectivity index (χ3n) is 6.12. The first-order chi connectivity index (χ1) is 18.9. The summed E-state index contributed by atoms with van der Waals surface area (Å²) in [7, 11) is 0. The summed E-state index contributed by atoms with van der Waals surface area (Å²) in [4.78, 5) is 48.7. The molecule has 2 aliphatic rings. The quantitative estimate of drug-likeness (QED) is 0.311. The minimum atomic E-state index is -1.09. The van der Waals surface area contributed by atoms with Crippen molar-refractivity contribution >= 4 is 41.0 Å². The molecule has 4 unspecified atom stereocenters. The molecule has 3 amide bonds. The van der Waals surface area contributed by atoms with Gasteiger partial charge >= 0.3 is 12.0 Å². The Balaban J connectivity index is 1.41. The number of benzene rings is 1. The van der Waals surface area contributed by atoms with Gasteiger partial charge in [0.05, 0.1) is 12.7 Å². The molecule has 39 heavy (non-hydrogen) atoms. The summed E-state index contributed by atoms with van der Waals surface area (Å²) < 4.78 is 19.9. The summed E-state index contributed by atoms with van der Waals surface area (Å²) in [5, 5.41) is 16.8. The lowest BCUT2D eigenvalue weighted by molar-refractivity contribution is -0.152. The Morgan fingerprint density at radius 1 is 1.05 bits per heavy atom. The fourth-order valence-corrected chi connectivity index (χ4v) is 4.39. The average molecular weight is 538 g/mol. The number of carbonyl (C=O) groups is 3. The van der Waals surface area contributed by atoms with E-state index in [2.05, 4.69) is 30.9 Å². The standard InChI is InChI=1S/C25H27N7O7/c1-2-26-25(36)31-21-17-22(29-12-28-21)32(13-30-17)24-20-18(19(39-24)23(35)27-11-10-15(33)34)37-16(38-20)9-8-14-6-4-3-5-7-14/h3-9,12-13,16,18-20,24H,2,10-11H2,1H3,(H,27,35)(H,33,34)(H2,26,28,29,31,36)/t16-,18?,19?,20?,24?/m0/s1. The van der Waals surface area contributed by atoms with E-state index in [4.69, 9.17) is 19.3 Å². The molecule has 0 spiro atoms. The highest BCUT2D eigenvalue weighted by molar-refractivity contribution is 5.95. The minimum Gasteiger partial charge on any atom is -0.481 e. The lowest BCUT2D eigenvalue weighted by Gasteiger charge is -2.20. The van der Waals surface area contributed by atoms with Crippen molar-refractivity contribution in [3.05, 3.63) is 54.6 Å². The van der Waals surface area contributed by atoms with Gasteiger partial charge in [0.25, 0.3) is 5.91 Å². The Labute approximate surface area is 222 Å². The van der Waals surface area contributed by atoms with Gasteiger partial charge in [0.15, 0.2) is 35.6 Å². The summed E-state index contributed by atoms with van der Waals surface area (Å²) in [5.41, 5.74) is 1.61. The lowest BCUT2D eigenvalue weighted by atomic mass is 10.1. The van der Waals surface area contributed by atoms with Gasteiger partial charge in [0.2, 0.25) is 0 Å². The van der Waals surface area contributed by atoms with Crippen molar-refractivity contribution in [2.24, 2.45) is 0 Å². The maximum atomic E-state index is 13.0. The highest BCUT2D eigenvalue weighted by Gasteiger charge is 2.55. The smallest absolute Gasteiger partial charge is 0.320 e. The normalized spacial score (nSPS) is 24.1. The lowest BCUT2D eigenvalue weighted by Crippen LogP contribution is -2.42. The van der Waals surface area contributed by atoms with Gasteiger partial charge in [-0.25, -0.2) is 19.7 Å². The van der Waals surface area contributed by atoms with Gasteiger partial charge in [-0.1, -0.05) is 36.4 Å². The number of nitrogens with one attached hydrogen (secondary N) is 3. The Kier molecular flexibility index (Phi) is 7.76. The number of hydrogen-bond donors (Lipinski definition) is 4.